The van der Waals surface area contributed by atoms with Crippen LogP contribution in [0.3, 0.4) is 0 Å². The molecule has 1 N–H and O–H groups in total. The summed E-state index contributed by atoms with van der Waals surface area (Å²) in [6, 6.07) is 0.586. The van der Waals surface area contributed by atoms with Crippen molar-refractivity contribution in [1.82, 2.24) is 14.9 Å². The summed E-state index contributed by atoms with van der Waals surface area (Å²) < 4.78 is 2.24. The van der Waals surface area contributed by atoms with Crippen LogP contribution in [0.5, 0.6) is 0 Å². The third kappa shape index (κ3) is 2.61. The second kappa shape index (κ2) is 5.73. The van der Waals surface area contributed by atoms with Crippen LogP contribution in [0.4, 0.5) is 0 Å². The molecular formula is C12H21N3S. The van der Waals surface area contributed by atoms with E-state index in [-0.39, 0.29) is 0 Å². The van der Waals surface area contributed by atoms with E-state index in [0.717, 1.165) is 18.9 Å². The third-order valence-electron chi connectivity index (χ3n) is 3.45. The van der Waals surface area contributed by atoms with Gasteiger partial charge in [0.25, 0.3) is 0 Å². The maximum atomic E-state index is 4.46. The third-order valence-corrected chi connectivity index (χ3v) is 4.64. The molecule has 1 fully saturated rings. The summed E-state index contributed by atoms with van der Waals surface area (Å²) in [6.45, 7) is 3.19. The minimum absolute atomic E-state index is 0.586. The lowest BCUT2D eigenvalue weighted by Gasteiger charge is -2.22. The van der Waals surface area contributed by atoms with Crippen molar-refractivity contribution in [2.75, 3.05) is 18.6 Å². The van der Waals surface area contributed by atoms with Crippen molar-refractivity contribution in [3.63, 3.8) is 0 Å². The van der Waals surface area contributed by atoms with Crippen LogP contribution in [0.15, 0.2) is 12.4 Å². The van der Waals surface area contributed by atoms with Crippen LogP contribution in [-0.2, 0) is 13.0 Å². The topological polar surface area (TPSA) is 29.9 Å². The van der Waals surface area contributed by atoms with Crippen molar-refractivity contribution in [3.8, 4) is 0 Å². The Morgan fingerprint density at radius 3 is 3.19 bits per heavy atom. The van der Waals surface area contributed by atoms with Gasteiger partial charge in [-0.15, -0.1) is 0 Å². The molecule has 0 spiro atoms. The predicted molar refractivity (Wildman–Crippen MR) is 69.9 cm³/mol. The first-order valence-corrected chi connectivity index (χ1v) is 7.25. The summed E-state index contributed by atoms with van der Waals surface area (Å²) in [5.74, 6) is 4.67. The molecule has 16 heavy (non-hydrogen) atoms. The Labute approximate surface area is 102 Å². The monoisotopic (exact) mass is 239 g/mol. The fraction of sp³-hybridized carbons (Fsp3) is 0.750. The van der Waals surface area contributed by atoms with Crippen molar-refractivity contribution in [3.05, 3.63) is 18.2 Å². The SMILES string of the molecule is CCn1ccnc1CC(NC)C1CCSC1. The molecule has 1 aliphatic heterocycles. The van der Waals surface area contributed by atoms with Gasteiger partial charge in [0.2, 0.25) is 0 Å². The van der Waals surface area contributed by atoms with Crippen LogP contribution >= 0.6 is 11.8 Å². The molecule has 4 heteroatoms. The predicted octanol–water partition coefficient (Wildman–Crippen LogP) is 1.79. The normalized spacial score (nSPS) is 22.5. The highest BCUT2D eigenvalue weighted by molar-refractivity contribution is 7.99. The number of aromatic nitrogens is 2. The maximum Gasteiger partial charge on any atom is 0.110 e. The molecule has 0 aliphatic carbocycles. The van der Waals surface area contributed by atoms with Crippen LogP contribution in [-0.4, -0.2) is 34.1 Å². The zero-order valence-electron chi connectivity index (χ0n) is 10.1. The van der Waals surface area contributed by atoms with E-state index in [9.17, 15) is 0 Å². The molecule has 90 valence electrons. The highest BCUT2D eigenvalue weighted by atomic mass is 32.2. The summed E-state index contributed by atoms with van der Waals surface area (Å²) in [4.78, 5) is 4.46. The van der Waals surface area contributed by atoms with E-state index in [0.29, 0.717) is 6.04 Å². The molecule has 0 bridgehead atoms. The minimum Gasteiger partial charge on any atom is -0.335 e. The molecule has 2 unspecified atom stereocenters. The summed E-state index contributed by atoms with van der Waals surface area (Å²) >= 11 is 2.08. The van der Waals surface area contributed by atoms with E-state index in [1.807, 2.05) is 6.20 Å². The fourth-order valence-electron chi connectivity index (χ4n) is 2.39. The first kappa shape index (κ1) is 12.0. The quantitative estimate of drug-likeness (QED) is 0.849. The number of thioether (sulfide) groups is 1. The highest BCUT2D eigenvalue weighted by Gasteiger charge is 2.25. The van der Waals surface area contributed by atoms with E-state index in [1.54, 1.807) is 0 Å². The molecule has 3 nitrogen and oxygen atoms in total. The molecule has 1 aromatic heterocycles. The summed E-state index contributed by atoms with van der Waals surface area (Å²) in [5, 5.41) is 3.47. The number of nitrogens with one attached hydrogen (secondary N) is 1. The van der Waals surface area contributed by atoms with Gasteiger partial charge >= 0.3 is 0 Å². The van der Waals surface area contributed by atoms with Crippen LogP contribution in [0.2, 0.25) is 0 Å². The van der Waals surface area contributed by atoms with E-state index >= 15 is 0 Å². The van der Waals surface area contributed by atoms with E-state index in [1.165, 1.54) is 23.8 Å². The molecule has 1 aliphatic rings. The smallest absolute Gasteiger partial charge is 0.110 e. The Morgan fingerprint density at radius 2 is 2.56 bits per heavy atom. The first-order chi connectivity index (χ1) is 7.85. The van der Waals surface area contributed by atoms with Crippen molar-refractivity contribution < 1.29 is 0 Å². The van der Waals surface area contributed by atoms with Gasteiger partial charge in [-0.2, -0.15) is 11.8 Å². The Hall–Kier alpha value is -0.480. The fourth-order valence-corrected chi connectivity index (χ4v) is 3.73. The molecule has 0 aromatic carbocycles. The van der Waals surface area contributed by atoms with E-state index < -0.39 is 0 Å². The highest BCUT2D eigenvalue weighted by Crippen LogP contribution is 2.27. The zero-order valence-corrected chi connectivity index (χ0v) is 11.0. The minimum atomic E-state index is 0.586. The second-order valence-corrected chi connectivity index (χ2v) is 5.50. The Morgan fingerprint density at radius 1 is 1.69 bits per heavy atom. The lowest BCUT2D eigenvalue weighted by molar-refractivity contribution is 0.393. The molecule has 1 saturated heterocycles. The van der Waals surface area contributed by atoms with Crippen molar-refractivity contribution in [2.45, 2.75) is 32.4 Å². The summed E-state index contributed by atoms with van der Waals surface area (Å²) in [7, 11) is 2.08. The van der Waals surface area contributed by atoms with Crippen LogP contribution in [0, 0.1) is 5.92 Å². The van der Waals surface area contributed by atoms with Gasteiger partial charge in [0.05, 0.1) is 0 Å². The second-order valence-electron chi connectivity index (χ2n) is 4.35. The van der Waals surface area contributed by atoms with Gasteiger partial charge < -0.3 is 9.88 Å². The Bertz CT molecular complexity index is 318. The summed E-state index contributed by atoms with van der Waals surface area (Å²) in [5.41, 5.74) is 0. The van der Waals surface area contributed by atoms with Crippen LogP contribution in [0.1, 0.15) is 19.2 Å². The molecule has 2 rings (SSSR count). The lowest BCUT2D eigenvalue weighted by atomic mass is 9.96. The van der Waals surface area contributed by atoms with Crippen LogP contribution in [0.25, 0.3) is 0 Å². The van der Waals surface area contributed by atoms with E-state index in [2.05, 4.69) is 46.8 Å². The van der Waals surface area contributed by atoms with Crippen molar-refractivity contribution in [1.29, 1.82) is 0 Å². The molecule has 1 aromatic rings. The van der Waals surface area contributed by atoms with Crippen LogP contribution < -0.4 is 5.32 Å². The van der Waals surface area contributed by atoms with Gasteiger partial charge in [-0.25, -0.2) is 4.98 Å². The molecule has 0 amide bonds. The average molecular weight is 239 g/mol. The number of aryl methyl sites for hydroxylation is 1. The Kier molecular flexibility index (Phi) is 4.29. The number of hydrogen-bond acceptors (Lipinski definition) is 3. The maximum absolute atomic E-state index is 4.46. The van der Waals surface area contributed by atoms with Gasteiger partial charge in [-0.05, 0) is 37.8 Å². The van der Waals surface area contributed by atoms with Crippen molar-refractivity contribution in [2.24, 2.45) is 5.92 Å². The average Bonchev–Trinajstić information content (AvgIpc) is 2.96. The molecule has 2 heterocycles. The molecular weight excluding hydrogens is 218 g/mol. The number of nitrogens with zero attached hydrogens (tertiary/aromatic N) is 2. The van der Waals surface area contributed by atoms with Gasteiger partial charge in [-0.1, -0.05) is 0 Å². The Balaban J connectivity index is 2.00. The van der Waals surface area contributed by atoms with Crippen molar-refractivity contribution >= 4 is 11.8 Å². The standard InChI is InChI=1S/C12H21N3S/c1-3-15-6-5-14-12(15)8-11(13-2)10-4-7-16-9-10/h5-6,10-11,13H,3-4,7-9H2,1-2H3. The number of imidazole rings is 1. The zero-order chi connectivity index (χ0) is 11.4. The lowest BCUT2D eigenvalue weighted by Crippen LogP contribution is -2.36. The summed E-state index contributed by atoms with van der Waals surface area (Å²) in [6.07, 6.45) is 6.39. The van der Waals surface area contributed by atoms with Gasteiger partial charge in [0.15, 0.2) is 0 Å². The van der Waals surface area contributed by atoms with Gasteiger partial charge in [0, 0.05) is 31.4 Å². The van der Waals surface area contributed by atoms with Gasteiger partial charge in [-0.3, -0.25) is 0 Å². The molecule has 0 radical (unpaired) electrons. The van der Waals surface area contributed by atoms with E-state index in [4.69, 9.17) is 0 Å². The number of likely N-dealkylation sites (N-methyl/N-ethyl adjacent to an activating group) is 1. The number of rotatable bonds is 5. The first-order valence-electron chi connectivity index (χ1n) is 6.10. The molecule has 0 saturated carbocycles. The molecule has 2 atom stereocenters. The number of hydrogen-bond donors (Lipinski definition) is 1. The largest absolute Gasteiger partial charge is 0.335 e. The van der Waals surface area contributed by atoms with Gasteiger partial charge in [0.1, 0.15) is 5.82 Å².